The number of methoxy groups -OCH3 is 1. The van der Waals surface area contributed by atoms with E-state index in [2.05, 4.69) is 20.9 Å². The van der Waals surface area contributed by atoms with Crippen LogP contribution in [0, 0.1) is 0 Å². The van der Waals surface area contributed by atoms with Crippen LogP contribution >= 0.6 is 22.7 Å². The third kappa shape index (κ3) is 6.40. The first kappa shape index (κ1) is 25.9. The lowest BCUT2D eigenvalue weighted by Gasteiger charge is -2.08. The monoisotopic (exact) mass is 556 g/mol. The summed E-state index contributed by atoms with van der Waals surface area (Å²) in [4.78, 5) is 34.7. The molecule has 5 N–H and O–H groups in total. The van der Waals surface area contributed by atoms with Gasteiger partial charge in [-0.25, -0.2) is 14.8 Å². The summed E-state index contributed by atoms with van der Waals surface area (Å²) in [7, 11) is 1.56. The first-order chi connectivity index (χ1) is 19.0. The Hall–Kier alpha value is -4.74. The molecule has 0 aliphatic heterocycles. The van der Waals surface area contributed by atoms with Crippen molar-refractivity contribution in [2.75, 3.05) is 23.5 Å². The molecule has 5 aromatic rings. The summed E-state index contributed by atoms with van der Waals surface area (Å²) < 4.78 is 5.20. The molecule has 0 spiro atoms. The number of urea groups is 1. The average molecular weight is 557 g/mol. The van der Waals surface area contributed by atoms with Gasteiger partial charge in [0.15, 0.2) is 5.13 Å². The molecule has 39 heavy (non-hydrogen) atoms. The van der Waals surface area contributed by atoms with Crippen LogP contribution in [-0.2, 0) is 6.54 Å². The Balaban J connectivity index is 1.25. The van der Waals surface area contributed by atoms with Crippen molar-refractivity contribution in [3.8, 4) is 26.9 Å². The molecule has 5 rings (SSSR count). The van der Waals surface area contributed by atoms with Crippen LogP contribution in [0.3, 0.4) is 0 Å². The number of benzene rings is 3. The Labute approximate surface area is 232 Å². The molecule has 3 aromatic carbocycles. The van der Waals surface area contributed by atoms with Crippen LogP contribution in [-0.4, -0.2) is 29.0 Å². The zero-order valence-corrected chi connectivity index (χ0v) is 22.4. The molecular weight excluding hydrogens is 532 g/mol. The van der Waals surface area contributed by atoms with Gasteiger partial charge in [0.1, 0.15) is 21.5 Å². The van der Waals surface area contributed by atoms with Crippen molar-refractivity contribution >= 4 is 51.2 Å². The number of nitrogens with one attached hydrogen (secondary N) is 3. The zero-order valence-electron chi connectivity index (χ0n) is 20.8. The number of aromatic nitrogens is 2. The fourth-order valence-electron chi connectivity index (χ4n) is 3.69. The van der Waals surface area contributed by atoms with Crippen molar-refractivity contribution < 1.29 is 14.3 Å². The number of hydrogen-bond donors (Lipinski definition) is 4. The lowest BCUT2D eigenvalue weighted by atomic mass is 10.1. The summed E-state index contributed by atoms with van der Waals surface area (Å²) in [5, 5.41) is 11.4. The van der Waals surface area contributed by atoms with Crippen molar-refractivity contribution in [1.82, 2.24) is 15.3 Å². The number of nitrogens with zero attached hydrogens (tertiary/aromatic N) is 2. The normalized spacial score (nSPS) is 10.6. The second kappa shape index (κ2) is 11.8. The number of anilines is 3. The molecule has 0 fully saturated rings. The third-order valence-electron chi connectivity index (χ3n) is 5.62. The molecule has 0 unspecified atom stereocenters. The Morgan fingerprint density at radius 2 is 1.77 bits per heavy atom. The van der Waals surface area contributed by atoms with Gasteiger partial charge >= 0.3 is 6.03 Å². The molecule has 0 saturated heterocycles. The molecule has 2 heterocycles. The first-order valence-electron chi connectivity index (χ1n) is 11.9. The van der Waals surface area contributed by atoms with E-state index in [0.717, 1.165) is 16.8 Å². The minimum atomic E-state index is -0.369. The molecule has 0 saturated carbocycles. The van der Waals surface area contributed by atoms with Crippen LogP contribution in [0.2, 0.25) is 0 Å². The van der Waals surface area contributed by atoms with Crippen LogP contribution in [0.4, 0.5) is 21.4 Å². The lowest BCUT2D eigenvalue weighted by Crippen LogP contribution is -2.28. The van der Waals surface area contributed by atoms with Gasteiger partial charge < -0.3 is 21.1 Å². The molecule has 3 amide bonds. The summed E-state index contributed by atoms with van der Waals surface area (Å²) in [6, 6.07) is 23.7. The smallest absolute Gasteiger partial charge is 0.321 e. The van der Waals surface area contributed by atoms with Crippen molar-refractivity contribution in [2.24, 2.45) is 0 Å². The van der Waals surface area contributed by atoms with Crippen LogP contribution in [0.5, 0.6) is 5.75 Å². The van der Waals surface area contributed by atoms with E-state index in [0.29, 0.717) is 44.4 Å². The second-order valence-corrected chi connectivity index (χ2v) is 10.2. The molecule has 196 valence electrons. The minimum absolute atomic E-state index is 0.240. The van der Waals surface area contributed by atoms with E-state index in [1.54, 1.807) is 31.4 Å². The number of ether oxygens (including phenoxy) is 1. The second-order valence-electron chi connectivity index (χ2n) is 8.33. The molecule has 0 bridgehead atoms. The third-order valence-corrected chi connectivity index (χ3v) is 7.60. The number of nitrogen functional groups attached to an aromatic ring is 1. The van der Waals surface area contributed by atoms with Gasteiger partial charge in [-0.2, -0.15) is 0 Å². The molecule has 9 nitrogen and oxygen atoms in total. The quantitative estimate of drug-likeness (QED) is 0.183. The van der Waals surface area contributed by atoms with Crippen molar-refractivity contribution in [2.45, 2.75) is 6.54 Å². The summed E-state index contributed by atoms with van der Waals surface area (Å²) >= 11 is 2.68. The van der Waals surface area contributed by atoms with E-state index < -0.39 is 0 Å². The minimum Gasteiger partial charge on any atom is -0.497 e. The van der Waals surface area contributed by atoms with Gasteiger partial charge in [-0.1, -0.05) is 59.9 Å². The topological polar surface area (TPSA) is 131 Å². The highest BCUT2D eigenvalue weighted by molar-refractivity contribution is 7.23. The Kier molecular flexibility index (Phi) is 7.80. The SMILES string of the molecule is COc1cccc(C(=O)Nc2cccc(-c3csc(-c4sc(NC(=O)NCc5ccccc5)nc4N)n3)c2)c1. The standard InChI is InChI=1S/C28H24N6O3S2/c1-37-21-12-6-10-19(14-21)25(35)31-20-11-5-9-18(13-20)22-16-38-26(32-22)23-24(29)33-28(39-23)34-27(36)30-15-17-7-3-2-4-8-17/h2-14,16H,15,29H2,1H3,(H,31,35)(H2,30,33,34,36). The van der Waals surface area contributed by atoms with Crippen LogP contribution < -0.4 is 26.4 Å². The number of carbonyl (C=O) groups excluding carboxylic acids is 2. The molecular formula is C28H24N6O3S2. The average Bonchev–Trinajstić information content (AvgIpc) is 3.59. The summed E-state index contributed by atoms with van der Waals surface area (Å²) in [5.41, 5.74) is 9.85. The number of amides is 3. The van der Waals surface area contributed by atoms with Crippen molar-refractivity contribution in [3.63, 3.8) is 0 Å². The van der Waals surface area contributed by atoms with E-state index in [9.17, 15) is 9.59 Å². The van der Waals surface area contributed by atoms with E-state index >= 15 is 0 Å². The lowest BCUT2D eigenvalue weighted by molar-refractivity contribution is 0.102. The number of nitrogens with two attached hydrogens (primary N) is 1. The van der Waals surface area contributed by atoms with Gasteiger partial charge in [0.05, 0.1) is 12.8 Å². The summed E-state index contributed by atoms with van der Waals surface area (Å²) in [6.45, 7) is 0.398. The zero-order chi connectivity index (χ0) is 27.2. The molecule has 2 aromatic heterocycles. The number of rotatable bonds is 8. The highest BCUT2D eigenvalue weighted by Gasteiger charge is 2.17. The molecule has 0 aliphatic carbocycles. The maximum Gasteiger partial charge on any atom is 0.321 e. The Morgan fingerprint density at radius 1 is 0.949 bits per heavy atom. The van der Waals surface area contributed by atoms with E-state index in [1.807, 2.05) is 60.0 Å². The van der Waals surface area contributed by atoms with Gasteiger partial charge in [0.2, 0.25) is 0 Å². The highest BCUT2D eigenvalue weighted by Crippen LogP contribution is 2.38. The predicted molar refractivity (Wildman–Crippen MR) is 156 cm³/mol. The fourth-order valence-corrected chi connectivity index (χ4v) is 5.50. The fraction of sp³-hybridized carbons (Fsp3) is 0.0714. The van der Waals surface area contributed by atoms with Crippen LogP contribution in [0.1, 0.15) is 15.9 Å². The molecule has 11 heteroatoms. The van der Waals surface area contributed by atoms with E-state index in [4.69, 9.17) is 15.5 Å². The molecule has 0 radical (unpaired) electrons. The van der Waals surface area contributed by atoms with Crippen molar-refractivity contribution in [1.29, 1.82) is 0 Å². The van der Waals surface area contributed by atoms with Crippen molar-refractivity contribution in [3.05, 3.63) is 95.4 Å². The van der Waals surface area contributed by atoms with Gasteiger partial charge in [-0.15, -0.1) is 11.3 Å². The Morgan fingerprint density at radius 3 is 2.59 bits per heavy atom. The summed E-state index contributed by atoms with van der Waals surface area (Å²) in [5.74, 6) is 0.661. The Bertz CT molecular complexity index is 1620. The van der Waals surface area contributed by atoms with Crippen LogP contribution in [0.25, 0.3) is 21.1 Å². The summed E-state index contributed by atoms with van der Waals surface area (Å²) in [6.07, 6.45) is 0. The van der Waals surface area contributed by atoms with Gasteiger partial charge in [0.25, 0.3) is 5.91 Å². The molecule has 0 atom stereocenters. The largest absolute Gasteiger partial charge is 0.497 e. The number of carbonyl (C=O) groups is 2. The van der Waals surface area contributed by atoms with E-state index in [-0.39, 0.29) is 11.9 Å². The predicted octanol–water partition coefficient (Wildman–Crippen LogP) is 6.10. The maximum atomic E-state index is 12.7. The number of hydrogen-bond acceptors (Lipinski definition) is 8. The van der Waals surface area contributed by atoms with Gasteiger partial charge in [-0.05, 0) is 35.9 Å². The highest BCUT2D eigenvalue weighted by atomic mass is 32.1. The number of thiazole rings is 2. The van der Waals surface area contributed by atoms with Gasteiger partial charge in [0, 0.05) is 28.7 Å². The van der Waals surface area contributed by atoms with E-state index in [1.165, 1.54) is 22.7 Å². The van der Waals surface area contributed by atoms with Crippen LogP contribution in [0.15, 0.2) is 84.2 Å². The van der Waals surface area contributed by atoms with Gasteiger partial charge in [-0.3, -0.25) is 10.1 Å². The first-order valence-corrected chi connectivity index (χ1v) is 13.5. The maximum absolute atomic E-state index is 12.7. The molecule has 0 aliphatic rings.